The molecule has 78 valence electrons. The zero-order valence-electron chi connectivity index (χ0n) is 7.96. The van der Waals surface area contributed by atoms with Gasteiger partial charge in [-0.3, -0.25) is 0 Å². The smallest absolute Gasteiger partial charge is 0.0703 e. The molecule has 1 fully saturated rings. The summed E-state index contributed by atoms with van der Waals surface area (Å²) in [5, 5.41) is 5.48. The summed E-state index contributed by atoms with van der Waals surface area (Å²) in [7, 11) is 0. The van der Waals surface area contributed by atoms with Crippen LogP contribution in [-0.4, -0.2) is 25.8 Å². The molecule has 1 aromatic rings. The summed E-state index contributed by atoms with van der Waals surface area (Å²) in [5.74, 6) is 0. The fraction of sp³-hybridized carbons (Fsp3) is 0.600. The Balaban J connectivity index is 1.76. The third kappa shape index (κ3) is 3.05. The minimum Gasteiger partial charge on any atom is -0.376 e. The van der Waals surface area contributed by atoms with Crippen molar-refractivity contribution in [2.24, 2.45) is 0 Å². The van der Waals surface area contributed by atoms with Crippen molar-refractivity contribution < 1.29 is 4.74 Å². The molecule has 1 aromatic heterocycles. The van der Waals surface area contributed by atoms with E-state index in [-0.39, 0.29) is 0 Å². The van der Waals surface area contributed by atoms with Crippen LogP contribution in [0.1, 0.15) is 11.3 Å². The Morgan fingerprint density at radius 1 is 1.64 bits per heavy atom. The fourth-order valence-corrected chi connectivity index (χ4v) is 3.06. The van der Waals surface area contributed by atoms with Gasteiger partial charge in [0.1, 0.15) is 0 Å². The molecule has 1 unspecified atom stereocenters. The zero-order valence-corrected chi connectivity index (χ0v) is 10.4. The van der Waals surface area contributed by atoms with Crippen molar-refractivity contribution >= 4 is 27.3 Å². The summed E-state index contributed by atoms with van der Waals surface area (Å²) in [6.07, 6.45) is 2.66. The average molecular weight is 276 g/mol. The maximum atomic E-state index is 5.64. The predicted octanol–water partition coefficient (Wildman–Crippen LogP) is 2.43. The summed E-state index contributed by atoms with van der Waals surface area (Å²) in [5.41, 5.74) is 0. The Bertz CT molecular complexity index is 283. The topological polar surface area (TPSA) is 21.3 Å². The first kappa shape index (κ1) is 10.6. The van der Waals surface area contributed by atoms with Crippen LogP contribution in [0.15, 0.2) is 15.9 Å². The number of rotatable bonds is 3. The number of halogens is 1. The normalized spacial score (nSPS) is 22.5. The van der Waals surface area contributed by atoms with Crippen LogP contribution in [0.2, 0.25) is 0 Å². The molecule has 0 radical (unpaired) electrons. The van der Waals surface area contributed by atoms with E-state index in [9.17, 15) is 0 Å². The van der Waals surface area contributed by atoms with E-state index in [1.54, 1.807) is 0 Å². The van der Waals surface area contributed by atoms with Gasteiger partial charge < -0.3 is 10.1 Å². The number of aryl methyl sites for hydroxylation is 1. The molecular weight excluding hydrogens is 262 g/mol. The van der Waals surface area contributed by atoms with Gasteiger partial charge in [0.25, 0.3) is 0 Å². The molecule has 0 aliphatic carbocycles. The highest BCUT2D eigenvalue weighted by Crippen LogP contribution is 2.21. The van der Waals surface area contributed by atoms with E-state index >= 15 is 0 Å². The van der Waals surface area contributed by atoms with Crippen molar-refractivity contribution in [2.75, 3.05) is 19.7 Å². The lowest BCUT2D eigenvalue weighted by molar-refractivity contribution is 0.0239. The second-order valence-electron chi connectivity index (χ2n) is 3.47. The van der Waals surface area contributed by atoms with E-state index in [2.05, 4.69) is 32.7 Å². The number of morpholine rings is 1. The Labute approximate surface area is 96.8 Å². The molecule has 0 aromatic carbocycles. The molecule has 2 nitrogen and oxygen atoms in total. The van der Waals surface area contributed by atoms with Crippen LogP contribution in [0.25, 0.3) is 0 Å². The van der Waals surface area contributed by atoms with E-state index in [1.807, 2.05) is 11.3 Å². The largest absolute Gasteiger partial charge is 0.376 e. The molecule has 0 spiro atoms. The Hall–Kier alpha value is 0.1000. The molecule has 2 rings (SSSR count). The molecule has 0 saturated carbocycles. The Kier molecular flexibility index (Phi) is 3.99. The molecule has 14 heavy (non-hydrogen) atoms. The molecule has 1 saturated heterocycles. The first-order valence-corrected chi connectivity index (χ1v) is 6.57. The Morgan fingerprint density at radius 3 is 3.21 bits per heavy atom. The molecule has 1 aliphatic heterocycles. The Morgan fingerprint density at radius 2 is 2.57 bits per heavy atom. The van der Waals surface area contributed by atoms with Crippen LogP contribution < -0.4 is 5.32 Å². The third-order valence-electron chi connectivity index (χ3n) is 2.34. The van der Waals surface area contributed by atoms with E-state index in [0.29, 0.717) is 6.10 Å². The van der Waals surface area contributed by atoms with Crippen molar-refractivity contribution in [1.82, 2.24) is 5.32 Å². The standard InChI is InChI=1S/C10H14BrNOS/c11-8-5-10(14-7-8)2-1-9-6-12-3-4-13-9/h5,7,9,12H,1-4,6H2. The lowest BCUT2D eigenvalue weighted by Gasteiger charge is -2.23. The van der Waals surface area contributed by atoms with Gasteiger partial charge in [-0.05, 0) is 34.8 Å². The number of nitrogens with one attached hydrogen (secondary N) is 1. The van der Waals surface area contributed by atoms with E-state index in [0.717, 1.165) is 32.5 Å². The van der Waals surface area contributed by atoms with Crippen LogP contribution in [0.5, 0.6) is 0 Å². The van der Waals surface area contributed by atoms with Gasteiger partial charge in [-0.25, -0.2) is 0 Å². The molecular formula is C10H14BrNOS. The van der Waals surface area contributed by atoms with Crippen molar-refractivity contribution in [3.63, 3.8) is 0 Å². The van der Waals surface area contributed by atoms with Crippen molar-refractivity contribution in [3.8, 4) is 0 Å². The summed E-state index contributed by atoms with van der Waals surface area (Å²) in [4.78, 5) is 1.44. The van der Waals surface area contributed by atoms with Gasteiger partial charge in [-0.1, -0.05) is 0 Å². The van der Waals surface area contributed by atoms with Crippen LogP contribution in [0.3, 0.4) is 0 Å². The molecule has 0 bridgehead atoms. The SMILES string of the molecule is Brc1csc(CCC2CNCCO2)c1. The van der Waals surface area contributed by atoms with Crippen LogP contribution >= 0.6 is 27.3 Å². The van der Waals surface area contributed by atoms with Gasteiger partial charge in [-0.2, -0.15) is 0 Å². The minimum atomic E-state index is 0.407. The maximum Gasteiger partial charge on any atom is 0.0703 e. The van der Waals surface area contributed by atoms with Crippen molar-refractivity contribution in [2.45, 2.75) is 18.9 Å². The molecule has 1 atom stereocenters. The zero-order chi connectivity index (χ0) is 9.80. The van der Waals surface area contributed by atoms with E-state index < -0.39 is 0 Å². The van der Waals surface area contributed by atoms with Gasteiger partial charge in [-0.15, -0.1) is 11.3 Å². The van der Waals surface area contributed by atoms with Crippen molar-refractivity contribution in [3.05, 3.63) is 20.8 Å². The highest BCUT2D eigenvalue weighted by atomic mass is 79.9. The van der Waals surface area contributed by atoms with Gasteiger partial charge in [0, 0.05) is 27.8 Å². The fourth-order valence-electron chi connectivity index (χ4n) is 1.59. The number of hydrogen-bond acceptors (Lipinski definition) is 3. The van der Waals surface area contributed by atoms with Crippen LogP contribution in [-0.2, 0) is 11.2 Å². The quantitative estimate of drug-likeness (QED) is 0.915. The number of hydrogen-bond donors (Lipinski definition) is 1. The lowest BCUT2D eigenvalue weighted by atomic mass is 10.1. The summed E-state index contributed by atoms with van der Waals surface area (Å²) in [6.45, 7) is 2.87. The number of thiophene rings is 1. The highest BCUT2D eigenvalue weighted by Gasteiger charge is 2.13. The van der Waals surface area contributed by atoms with Gasteiger partial charge in [0.05, 0.1) is 12.7 Å². The minimum absolute atomic E-state index is 0.407. The summed E-state index contributed by atoms with van der Waals surface area (Å²) >= 11 is 5.28. The summed E-state index contributed by atoms with van der Waals surface area (Å²) < 4.78 is 6.83. The highest BCUT2D eigenvalue weighted by molar-refractivity contribution is 9.10. The first-order valence-electron chi connectivity index (χ1n) is 4.90. The second kappa shape index (κ2) is 5.26. The van der Waals surface area contributed by atoms with Gasteiger partial charge >= 0.3 is 0 Å². The lowest BCUT2D eigenvalue weighted by Crippen LogP contribution is -2.38. The average Bonchev–Trinajstić information content (AvgIpc) is 2.63. The second-order valence-corrected chi connectivity index (χ2v) is 5.38. The molecule has 0 amide bonds. The number of ether oxygens (including phenoxy) is 1. The van der Waals surface area contributed by atoms with Crippen LogP contribution in [0, 0.1) is 0 Å². The maximum absolute atomic E-state index is 5.64. The van der Waals surface area contributed by atoms with Gasteiger partial charge in [0.15, 0.2) is 0 Å². The molecule has 2 heterocycles. The van der Waals surface area contributed by atoms with E-state index in [1.165, 1.54) is 9.35 Å². The monoisotopic (exact) mass is 275 g/mol. The first-order chi connectivity index (χ1) is 6.84. The van der Waals surface area contributed by atoms with E-state index in [4.69, 9.17) is 4.74 Å². The summed E-state index contributed by atoms with van der Waals surface area (Å²) in [6, 6.07) is 2.20. The van der Waals surface area contributed by atoms with Crippen molar-refractivity contribution in [1.29, 1.82) is 0 Å². The van der Waals surface area contributed by atoms with Crippen LogP contribution in [0.4, 0.5) is 0 Å². The predicted molar refractivity (Wildman–Crippen MR) is 62.9 cm³/mol. The third-order valence-corrected chi connectivity index (χ3v) is 4.10. The molecule has 1 aliphatic rings. The van der Waals surface area contributed by atoms with Gasteiger partial charge in [0.2, 0.25) is 0 Å². The molecule has 4 heteroatoms. The molecule has 1 N–H and O–H groups in total.